The Bertz CT molecular complexity index is 1310. The van der Waals surface area contributed by atoms with Gasteiger partial charge in [-0.2, -0.15) is 0 Å². The molecule has 1 aromatic carbocycles. The Balaban J connectivity index is 0.000000272. The number of nitrogens with zero attached hydrogens (tertiary/aromatic N) is 4. The van der Waals surface area contributed by atoms with Crippen molar-refractivity contribution in [2.45, 2.75) is 52.6 Å². The first-order valence-corrected chi connectivity index (χ1v) is 12.8. The van der Waals surface area contributed by atoms with Crippen LogP contribution in [0.4, 0.5) is 10.6 Å². The van der Waals surface area contributed by atoms with Crippen molar-refractivity contribution < 1.29 is 23.9 Å². The number of rotatable bonds is 6. The third-order valence-corrected chi connectivity index (χ3v) is 5.69. The van der Waals surface area contributed by atoms with Gasteiger partial charge in [0.25, 0.3) is 5.91 Å². The smallest absolute Gasteiger partial charge is 0.410 e. The monoisotopic (exact) mass is 536 g/mol. The van der Waals surface area contributed by atoms with Gasteiger partial charge in [-0.3, -0.25) is 9.59 Å². The summed E-state index contributed by atoms with van der Waals surface area (Å²) in [5, 5.41) is 2.93. The molecule has 0 bridgehead atoms. The van der Waals surface area contributed by atoms with Crippen molar-refractivity contribution in [1.29, 1.82) is 0 Å². The number of carbonyl (C=O) groups excluding carboxylic acids is 3. The Hall–Kier alpha value is -4.28. The largest absolute Gasteiger partial charge is 0.486 e. The second kappa shape index (κ2) is 13.0. The van der Waals surface area contributed by atoms with Crippen LogP contribution in [-0.2, 0) is 9.53 Å². The van der Waals surface area contributed by atoms with Crippen LogP contribution >= 0.6 is 0 Å². The predicted molar refractivity (Wildman–Crippen MR) is 149 cm³/mol. The molecule has 1 aliphatic rings. The van der Waals surface area contributed by atoms with Gasteiger partial charge >= 0.3 is 6.09 Å². The summed E-state index contributed by atoms with van der Waals surface area (Å²) in [7, 11) is 1.71. The van der Waals surface area contributed by atoms with Crippen LogP contribution in [0.1, 0.15) is 57.3 Å². The molecule has 0 radical (unpaired) electrons. The maximum absolute atomic E-state index is 11.9. The lowest BCUT2D eigenvalue weighted by Gasteiger charge is -2.29. The van der Waals surface area contributed by atoms with E-state index in [1.165, 1.54) is 19.7 Å². The van der Waals surface area contributed by atoms with Crippen molar-refractivity contribution >= 4 is 34.6 Å². The quantitative estimate of drug-likeness (QED) is 0.472. The summed E-state index contributed by atoms with van der Waals surface area (Å²) in [6.07, 6.45) is 4.65. The number of pyridine rings is 1. The lowest BCUT2D eigenvalue weighted by Crippen LogP contribution is -2.39. The number of likely N-dealkylation sites (tertiary alicyclic amines) is 1. The molecule has 1 fully saturated rings. The van der Waals surface area contributed by atoms with Crippen LogP contribution < -0.4 is 15.8 Å². The Kier molecular flexibility index (Phi) is 9.75. The first-order chi connectivity index (χ1) is 18.5. The van der Waals surface area contributed by atoms with Crippen LogP contribution in [0.25, 0.3) is 22.3 Å². The Morgan fingerprint density at radius 2 is 1.69 bits per heavy atom. The number of amides is 2. The molecule has 3 aromatic rings. The van der Waals surface area contributed by atoms with Gasteiger partial charge in [-0.25, -0.2) is 19.7 Å². The van der Waals surface area contributed by atoms with Gasteiger partial charge in [-0.05, 0) is 77.3 Å². The number of fused-ring (bicyclic) bond motifs is 1. The van der Waals surface area contributed by atoms with Crippen LogP contribution in [0.15, 0.2) is 36.7 Å². The minimum atomic E-state index is -0.596. The van der Waals surface area contributed by atoms with Gasteiger partial charge in [-0.15, -0.1) is 0 Å². The minimum absolute atomic E-state index is 0.0161. The lowest BCUT2D eigenvalue weighted by molar-refractivity contribution is -0.118. The second-order valence-electron chi connectivity index (χ2n) is 10.1. The summed E-state index contributed by atoms with van der Waals surface area (Å²) in [6, 6.07) is 8.64. The summed E-state index contributed by atoms with van der Waals surface area (Å²) in [5.41, 5.74) is 7.57. The number of carbonyl (C=O) groups is 3. The molecule has 2 amide bonds. The van der Waals surface area contributed by atoms with Gasteiger partial charge in [0, 0.05) is 25.7 Å². The standard InChI is InChI=1S/C18H17N5O3.C10H19NO2/c1-10(24)8-26-12-5-3-11(4-6-12)14-7-13(17(19)25)15-16(23-14)18(20-2)22-9-21-15;1-10(2,3)13-9(12)11-7-5-4-6-8-11/h3-7,9H,8H2,1-2H3,(H2,19,25)(H,20,21,22);4-8H2,1-3H3. The Labute approximate surface area is 228 Å². The molecule has 1 aliphatic heterocycles. The van der Waals surface area contributed by atoms with Crippen LogP contribution in [0, 0.1) is 0 Å². The van der Waals surface area contributed by atoms with E-state index in [0.29, 0.717) is 28.3 Å². The van der Waals surface area contributed by atoms with Crippen molar-refractivity contribution in [3.63, 3.8) is 0 Å². The normalized spacial score (nSPS) is 13.2. The third-order valence-electron chi connectivity index (χ3n) is 5.69. The zero-order valence-corrected chi connectivity index (χ0v) is 23.1. The van der Waals surface area contributed by atoms with Gasteiger partial charge < -0.3 is 25.4 Å². The molecule has 39 heavy (non-hydrogen) atoms. The summed E-state index contributed by atoms with van der Waals surface area (Å²) < 4.78 is 10.6. The topological polar surface area (TPSA) is 150 Å². The number of ketones is 1. The number of nitrogens with one attached hydrogen (secondary N) is 1. The highest BCUT2D eigenvalue weighted by atomic mass is 16.6. The number of hydrogen-bond acceptors (Lipinski definition) is 9. The summed E-state index contributed by atoms with van der Waals surface area (Å²) in [4.78, 5) is 49.0. The summed E-state index contributed by atoms with van der Waals surface area (Å²) in [6.45, 7) is 8.88. The fourth-order valence-corrected chi connectivity index (χ4v) is 3.87. The number of nitrogens with two attached hydrogens (primary N) is 1. The highest BCUT2D eigenvalue weighted by molar-refractivity contribution is 6.06. The lowest BCUT2D eigenvalue weighted by atomic mass is 10.1. The van der Waals surface area contributed by atoms with Gasteiger partial charge in [0.1, 0.15) is 35.3 Å². The van der Waals surface area contributed by atoms with Crippen LogP contribution in [-0.4, -0.2) is 70.0 Å². The van der Waals surface area contributed by atoms with E-state index < -0.39 is 5.91 Å². The Morgan fingerprint density at radius 1 is 1.03 bits per heavy atom. The number of piperidine rings is 1. The van der Waals surface area contributed by atoms with E-state index in [1.54, 1.807) is 42.3 Å². The van der Waals surface area contributed by atoms with Gasteiger partial charge in [-0.1, -0.05) is 0 Å². The molecule has 4 rings (SSSR count). The molecule has 3 heterocycles. The molecular formula is C28H36N6O5. The maximum Gasteiger partial charge on any atom is 0.410 e. The van der Waals surface area contributed by atoms with Crippen LogP contribution in [0.5, 0.6) is 5.75 Å². The van der Waals surface area contributed by atoms with E-state index in [-0.39, 0.29) is 29.6 Å². The summed E-state index contributed by atoms with van der Waals surface area (Å²) >= 11 is 0. The molecular weight excluding hydrogens is 500 g/mol. The van der Waals surface area contributed by atoms with E-state index in [0.717, 1.165) is 31.5 Å². The number of hydrogen-bond donors (Lipinski definition) is 2. The molecule has 0 saturated carbocycles. The van der Waals surface area contributed by atoms with E-state index in [1.807, 2.05) is 20.8 Å². The van der Waals surface area contributed by atoms with Crippen LogP contribution in [0.2, 0.25) is 0 Å². The van der Waals surface area contributed by atoms with Crippen molar-refractivity contribution in [1.82, 2.24) is 19.9 Å². The molecule has 0 aliphatic carbocycles. The highest BCUT2D eigenvalue weighted by Crippen LogP contribution is 2.27. The zero-order chi connectivity index (χ0) is 28.6. The molecule has 1 saturated heterocycles. The molecule has 0 unspecified atom stereocenters. The average molecular weight is 537 g/mol. The number of primary amides is 1. The SMILES string of the molecule is CC(C)(C)OC(=O)N1CCCCC1.CNc1ncnc2c(C(N)=O)cc(-c3ccc(OCC(C)=O)cc3)nc12. The third kappa shape index (κ3) is 8.36. The first-order valence-electron chi connectivity index (χ1n) is 12.8. The van der Waals surface area contributed by atoms with E-state index in [2.05, 4.69) is 20.3 Å². The number of Topliss-reactive ketones (excluding diaryl/α,β-unsaturated/α-hetero) is 1. The fraction of sp³-hybridized carbons (Fsp3) is 0.429. The second-order valence-corrected chi connectivity index (χ2v) is 10.1. The molecule has 208 valence electrons. The predicted octanol–water partition coefficient (Wildman–Crippen LogP) is 4.21. The number of anilines is 1. The molecule has 2 aromatic heterocycles. The van der Waals surface area contributed by atoms with Crippen LogP contribution in [0.3, 0.4) is 0 Å². The van der Waals surface area contributed by atoms with E-state index in [9.17, 15) is 14.4 Å². The van der Waals surface area contributed by atoms with Crippen molar-refractivity contribution in [2.75, 3.05) is 32.1 Å². The molecule has 11 heteroatoms. The van der Waals surface area contributed by atoms with E-state index >= 15 is 0 Å². The van der Waals surface area contributed by atoms with Gasteiger partial charge in [0.2, 0.25) is 0 Å². The summed E-state index contributed by atoms with van der Waals surface area (Å²) in [5.74, 6) is 0.414. The average Bonchev–Trinajstić information content (AvgIpc) is 2.91. The Morgan fingerprint density at radius 3 is 2.26 bits per heavy atom. The highest BCUT2D eigenvalue weighted by Gasteiger charge is 2.23. The molecule has 0 atom stereocenters. The molecule has 0 spiro atoms. The van der Waals surface area contributed by atoms with Crippen molar-refractivity contribution in [3.05, 3.63) is 42.2 Å². The minimum Gasteiger partial charge on any atom is -0.486 e. The number of benzene rings is 1. The fourth-order valence-electron chi connectivity index (χ4n) is 3.87. The van der Waals surface area contributed by atoms with Crippen molar-refractivity contribution in [2.24, 2.45) is 5.73 Å². The zero-order valence-electron chi connectivity index (χ0n) is 23.1. The molecule has 11 nitrogen and oxygen atoms in total. The van der Waals surface area contributed by atoms with Crippen molar-refractivity contribution in [3.8, 4) is 17.0 Å². The number of aromatic nitrogens is 3. The first kappa shape index (κ1) is 29.3. The maximum atomic E-state index is 11.9. The molecule has 3 N–H and O–H groups in total. The van der Waals surface area contributed by atoms with Gasteiger partial charge in [0.15, 0.2) is 11.6 Å². The number of ether oxygens (including phenoxy) is 2. The van der Waals surface area contributed by atoms with Gasteiger partial charge in [0.05, 0.1) is 11.3 Å². The van der Waals surface area contributed by atoms with E-state index in [4.69, 9.17) is 15.2 Å².